The number of carbonyl (C=O) groups excluding carboxylic acids is 2. The maximum Gasteiger partial charge on any atom is 0.225 e. The Balaban J connectivity index is 1.12. The Labute approximate surface area is 211 Å². The van der Waals surface area contributed by atoms with Crippen LogP contribution in [-0.2, 0) is 9.59 Å². The zero-order valence-electron chi connectivity index (χ0n) is 22.1. The molecular weight excluding hydrogens is 434 g/mol. The summed E-state index contributed by atoms with van der Waals surface area (Å²) in [4.78, 5) is 30.9. The van der Waals surface area contributed by atoms with Crippen LogP contribution in [0.15, 0.2) is 24.4 Å². The van der Waals surface area contributed by atoms with Gasteiger partial charge in [-0.3, -0.25) is 9.59 Å². The smallest absolute Gasteiger partial charge is 0.225 e. The number of amides is 2. The first-order chi connectivity index (χ1) is 16.8. The van der Waals surface area contributed by atoms with E-state index in [2.05, 4.69) is 36.1 Å². The normalized spacial score (nSPS) is 38.4. The van der Waals surface area contributed by atoms with Crippen molar-refractivity contribution in [1.29, 1.82) is 0 Å². The van der Waals surface area contributed by atoms with E-state index in [1.807, 2.05) is 18.2 Å². The minimum absolute atomic E-state index is 0.0778. The van der Waals surface area contributed by atoms with E-state index in [0.717, 1.165) is 49.4 Å². The van der Waals surface area contributed by atoms with Gasteiger partial charge in [0.15, 0.2) is 0 Å². The lowest BCUT2D eigenvalue weighted by Gasteiger charge is -2.62. The van der Waals surface area contributed by atoms with Gasteiger partial charge in [-0.25, -0.2) is 4.98 Å². The largest absolute Gasteiger partial charge is 0.342 e. The minimum atomic E-state index is 0.0778. The molecular formula is C30H45N3O2. The third-order valence-corrected chi connectivity index (χ3v) is 11.1. The minimum Gasteiger partial charge on any atom is -0.342 e. The Bertz CT molecular complexity index is 919. The number of likely N-dealkylation sites (tertiary alicyclic amines) is 1. The standard InChI is InChI=1S/C30H45N3O2/c1-29-18-16-24-22(13-15-25-30(24,2)19-17-28(35)33(25)3)23(29)14-12-21(29)9-5-4-6-11-27(34)32-26-10-7-8-20-31-26/h7-8,10,20-25H,4-6,9,11-19H2,1-3H3,(H,31,32,34)/t21-,22?,23?,24?,25+,29+,30+/m0/s1. The number of unbranched alkanes of at least 4 members (excludes halogenated alkanes) is 2. The van der Waals surface area contributed by atoms with Crippen molar-refractivity contribution in [1.82, 2.24) is 9.88 Å². The SMILES string of the molecule is CN1C(=O)CC[C@]2(C)C3CC[C@@]4(C)C(CC[C@@H]4CCCCCC(=O)Nc4ccccn4)C3CC[C@@H]12. The number of nitrogens with one attached hydrogen (secondary N) is 1. The molecule has 35 heavy (non-hydrogen) atoms. The summed E-state index contributed by atoms with van der Waals surface area (Å²) in [7, 11) is 2.06. The van der Waals surface area contributed by atoms with Crippen LogP contribution in [0.2, 0.25) is 0 Å². The highest BCUT2D eigenvalue weighted by Gasteiger charge is 2.60. The number of pyridine rings is 1. The molecule has 1 saturated heterocycles. The lowest BCUT2D eigenvalue weighted by Crippen LogP contribution is -2.61. The molecule has 0 bridgehead atoms. The number of hydrogen-bond donors (Lipinski definition) is 1. The van der Waals surface area contributed by atoms with Crippen LogP contribution in [0.25, 0.3) is 0 Å². The van der Waals surface area contributed by atoms with Crippen LogP contribution in [0.4, 0.5) is 5.82 Å². The second-order valence-corrected chi connectivity index (χ2v) is 12.7. The first-order valence-corrected chi connectivity index (χ1v) is 14.3. The number of nitrogens with zero attached hydrogens (tertiary/aromatic N) is 2. The van der Waals surface area contributed by atoms with Gasteiger partial charge in [0.1, 0.15) is 5.82 Å². The summed E-state index contributed by atoms with van der Waals surface area (Å²) in [6.45, 7) is 5.15. The van der Waals surface area contributed by atoms with Crippen LogP contribution in [0.1, 0.15) is 97.3 Å². The second kappa shape index (κ2) is 9.86. The third-order valence-electron chi connectivity index (χ3n) is 11.1. The molecule has 3 aliphatic carbocycles. The summed E-state index contributed by atoms with van der Waals surface area (Å²) in [5, 5.41) is 2.90. The summed E-state index contributed by atoms with van der Waals surface area (Å²) in [5.41, 5.74) is 0.817. The van der Waals surface area contributed by atoms with Crippen molar-refractivity contribution in [2.75, 3.05) is 12.4 Å². The number of aromatic nitrogens is 1. The van der Waals surface area contributed by atoms with Crippen LogP contribution < -0.4 is 5.32 Å². The molecule has 192 valence electrons. The van der Waals surface area contributed by atoms with Crippen LogP contribution in [0.3, 0.4) is 0 Å². The summed E-state index contributed by atoms with van der Waals surface area (Å²) in [5.74, 6) is 4.46. The first kappa shape index (κ1) is 24.8. The molecule has 0 aromatic carbocycles. The zero-order chi connectivity index (χ0) is 24.6. The van der Waals surface area contributed by atoms with E-state index in [0.29, 0.717) is 35.0 Å². The maximum atomic E-state index is 12.4. The van der Waals surface area contributed by atoms with Crippen molar-refractivity contribution < 1.29 is 9.59 Å². The Morgan fingerprint density at radius 1 is 1.03 bits per heavy atom. The molecule has 1 aromatic rings. The van der Waals surface area contributed by atoms with Gasteiger partial charge in [-0.15, -0.1) is 0 Å². The van der Waals surface area contributed by atoms with Crippen molar-refractivity contribution in [3.63, 3.8) is 0 Å². The number of fused-ring (bicyclic) bond motifs is 5. The van der Waals surface area contributed by atoms with Crippen LogP contribution in [0, 0.1) is 34.5 Å². The molecule has 3 unspecified atom stereocenters. The van der Waals surface area contributed by atoms with E-state index >= 15 is 0 Å². The average Bonchev–Trinajstić information content (AvgIpc) is 3.18. The van der Waals surface area contributed by atoms with E-state index in [1.54, 1.807) is 6.20 Å². The van der Waals surface area contributed by atoms with Gasteiger partial charge in [-0.05, 0) is 104 Å². The van der Waals surface area contributed by atoms with Crippen LogP contribution in [0.5, 0.6) is 0 Å². The number of hydrogen-bond acceptors (Lipinski definition) is 3. The second-order valence-electron chi connectivity index (χ2n) is 12.7. The van der Waals surface area contributed by atoms with Gasteiger partial charge in [0.2, 0.25) is 11.8 Å². The van der Waals surface area contributed by atoms with Crippen molar-refractivity contribution in [3.8, 4) is 0 Å². The van der Waals surface area contributed by atoms with Crippen molar-refractivity contribution >= 4 is 17.6 Å². The molecule has 4 fully saturated rings. The Hall–Kier alpha value is -1.91. The molecule has 1 N–H and O–H groups in total. The average molecular weight is 480 g/mol. The highest BCUT2D eigenvalue weighted by Crippen LogP contribution is 2.66. The molecule has 0 radical (unpaired) electrons. The van der Waals surface area contributed by atoms with E-state index in [4.69, 9.17) is 0 Å². The lowest BCUT2D eigenvalue weighted by atomic mass is 9.46. The van der Waals surface area contributed by atoms with Crippen molar-refractivity contribution in [2.24, 2.45) is 34.5 Å². The molecule has 2 heterocycles. The molecule has 5 heteroatoms. The summed E-state index contributed by atoms with van der Waals surface area (Å²) in [6.07, 6.45) is 16.9. The summed E-state index contributed by atoms with van der Waals surface area (Å²) in [6, 6.07) is 6.05. The fourth-order valence-corrected chi connectivity index (χ4v) is 9.23. The van der Waals surface area contributed by atoms with E-state index in [9.17, 15) is 9.59 Å². The molecule has 7 atom stereocenters. The predicted molar refractivity (Wildman–Crippen MR) is 140 cm³/mol. The van der Waals surface area contributed by atoms with E-state index < -0.39 is 0 Å². The van der Waals surface area contributed by atoms with Crippen molar-refractivity contribution in [3.05, 3.63) is 24.4 Å². The number of piperidine rings is 1. The van der Waals surface area contributed by atoms with Gasteiger partial charge in [0.25, 0.3) is 0 Å². The monoisotopic (exact) mass is 479 g/mol. The van der Waals surface area contributed by atoms with Crippen LogP contribution >= 0.6 is 0 Å². The molecule has 1 aliphatic heterocycles. The number of rotatable bonds is 7. The molecule has 1 aromatic heterocycles. The van der Waals surface area contributed by atoms with Gasteiger partial charge >= 0.3 is 0 Å². The molecule has 5 rings (SSSR count). The maximum absolute atomic E-state index is 12.4. The fraction of sp³-hybridized carbons (Fsp3) is 0.767. The predicted octanol–water partition coefficient (Wildman–Crippen LogP) is 6.45. The Morgan fingerprint density at radius 3 is 2.66 bits per heavy atom. The van der Waals surface area contributed by atoms with Gasteiger partial charge in [0, 0.05) is 32.1 Å². The molecule has 4 aliphatic rings. The summed E-state index contributed by atoms with van der Waals surface area (Å²) >= 11 is 0. The first-order valence-electron chi connectivity index (χ1n) is 14.3. The van der Waals surface area contributed by atoms with Gasteiger partial charge in [-0.2, -0.15) is 0 Å². The molecule has 0 spiro atoms. The number of carbonyl (C=O) groups is 2. The Morgan fingerprint density at radius 2 is 1.86 bits per heavy atom. The van der Waals surface area contributed by atoms with Gasteiger partial charge < -0.3 is 10.2 Å². The third kappa shape index (κ3) is 4.53. The molecule has 5 nitrogen and oxygen atoms in total. The number of anilines is 1. The van der Waals surface area contributed by atoms with Crippen LogP contribution in [-0.4, -0.2) is 34.8 Å². The van der Waals surface area contributed by atoms with Crippen molar-refractivity contribution in [2.45, 2.75) is 103 Å². The van der Waals surface area contributed by atoms with Gasteiger partial charge in [-0.1, -0.05) is 32.8 Å². The molecule has 3 saturated carbocycles. The zero-order valence-corrected chi connectivity index (χ0v) is 22.1. The highest BCUT2D eigenvalue weighted by molar-refractivity contribution is 5.89. The molecule has 2 amide bonds. The fourth-order valence-electron chi connectivity index (χ4n) is 9.23. The van der Waals surface area contributed by atoms with Gasteiger partial charge in [0.05, 0.1) is 0 Å². The Kier molecular flexibility index (Phi) is 6.98. The quantitative estimate of drug-likeness (QED) is 0.457. The summed E-state index contributed by atoms with van der Waals surface area (Å²) < 4.78 is 0. The lowest BCUT2D eigenvalue weighted by molar-refractivity contribution is -0.158. The topological polar surface area (TPSA) is 62.3 Å². The van der Waals surface area contributed by atoms with E-state index in [1.165, 1.54) is 51.4 Å². The highest BCUT2D eigenvalue weighted by atomic mass is 16.2. The van der Waals surface area contributed by atoms with E-state index in [-0.39, 0.29) is 5.91 Å².